The molecule has 0 radical (unpaired) electrons. The van der Waals surface area contributed by atoms with Crippen LogP contribution in [-0.2, 0) is 28.6 Å². The number of carbonyl (C=O) groups is 3. The number of allylic oxidation sites excluding steroid dienone is 1. The molecule has 0 amide bonds. The van der Waals surface area contributed by atoms with Crippen LogP contribution in [0.2, 0.25) is 0 Å². The second-order valence-corrected chi connectivity index (χ2v) is 18.5. The third-order valence-corrected chi connectivity index (χ3v) is 15.5. The Bertz CT molecular complexity index is 1280. The summed E-state index contributed by atoms with van der Waals surface area (Å²) in [4.78, 5) is 40.8. The van der Waals surface area contributed by atoms with Crippen molar-refractivity contribution in [1.82, 2.24) is 0 Å². The molecule has 1 heterocycles. The Morgan fingerprint density at radius 2 is 1.70 bits per heavy atom. The molecule has 1 saturated heterocycles. The molecular formula is C39H62O7. The minimum atomic E-state index is -1.04. The lowest BCUT2D eigenvalue weighted by Crippen LogP contribution is -2.71. The van der Waals surface area contributed by atoms with E-state index in [0.29, 0.717) is 38.1 Å². The minimum Gasteiger partial charge on any atom is -0.481 e. The topological polar surface area (TPSA) is 99.1 Å². The van der Waals surface area contributed by atoms with Gasteiger partial charge in [-0.3, -0.25) is 14.4 Å². The number of carboxylic acid groups (broad SMARTS) is 1. The molecule has 0 spiro atoms. The van der Waals surface area contributed by atoms with Crippen LogP contribution in [0.5, 0.6) is 0 Å². The van der Waals surface area contributed by atoms with E-state index in [1.807, 2.05) is 13.0 Å². The molecule has 7 heteroatoms. The van der Waals surface area contributed by atoms with Gasteiger partial charge >= 0.3 is 11.9 Å². The van der Waals surface area contributed by atoms with Crippen molar-refractivity contribution in [2.24, 2.45) is 68.0 Å². The molecule has 5 rings (SSSR count). The minimum absolute atomic E-state index is 0.0495. The number of hydrogen-bond acceptors (Lipinski definition) is 6. The molecule has 11 atom stereocenters. The third kappa shape index (κ3) is 4.82. The third-order valence-electron chi connectivity index (χ3n) is 15.5. The SMILES string of the molecule is CC(=O)O[C@@H]1C[C@@]23COC[C@](C)([C@@H]2CC[C@H]2C3=CC(=O)[C@@]3(C)[C@H](C(=O)O)[C@@](C)([C@H](C)C(C)C)CC[C@]23C)[C@H]1OCC(C)(C)C(C)C. The van der Waals surface area contributed by atoms with E-state index in [1.54, 1.807) is 0 Å². The van der Waals surface area contributed by atoms with Crippen molar-refractivity contribution < 1.29 is 33.7 Å². The van der Waals surface area contributed by atoms with Gasteiger partial charge in [-0.2, -0.15) is 0 Å². The number of carbonyl (C=O) groups excluding carboxylic acids is 2. The van der Waals surface area contributed by atoms with Crippen molar-refractivity contribution in [3.63, 3.8) is 0 Å². The summed E-state index contributed by atoms with van der Waals surface area (Å²) in [5, 5.41) is 10.9. The van der Waals surface area contributed by atoms with Gasteiger partial charge in [0.15, 0.2) is 5.78 Å². The summed E-state index contributed by atoms with van der Waals surface area (Å²) in [5.41, 5.74) is -1.90. The smallest absolute Gasteiger partial charge is 0.308 e. The van der Waals surface area contributed by atoms with Gasteiger partial charge in [0.05, 0.1) is 25.7 Å². The summed E-state index contributed by atoms with van der Waals surface area (Å²) in [6, 6.07) is 0. The maximum Gasteiger partial charge on any atom is 0.308 e. The average Bonchev–Trinajstić information content (AvgIpc) is 2.93. The second-order valence-electron chi connectivity index (χ2n) is 18.5. The van der Waals surface area contributed by atoms with E-state index < -0.39 is 45.1 Å². The van der Waals surface area contributed by atoms with Gasteiger partial charge in [0.2, 0.25) is 0 Å². The maximum atomic E-state index is 14.8. The van der Waals surface area contributed by atoms with Crippen LogP contribution in [0.3, 0.4) is 0 Å². The average molecular weight is 643 g/mol. The lowest BCUT2D eigenvalue weighted by molar-refractivity contribution is -0.270. The first-order valence-corrected chi connectivity index (χ1v) is 18.0. The van der Waals surface area contributed by atoms with E-state index in [2.05, 4.69) is 69.2 Å². The molecule has 0 unspecified atom stereocenters. The molecule has 0 aromatic rings. The van der Waals surface area contributed by atoms with Gasteiger partial charge in [0.1, 0.15) is 12.2 Å². The highest BCUT2D eigenvalue weighted by Gasteiger charge is 2.74. The largest absolute Gasteiger partial charge is 0.481 e. The van der Waals surface area contributed by atoms with Crippen molar-refractivity contribution in [3.05, 3.63) is 11.6 Å². The summed E-state index contributed by atoms with van der Waals surface area (Å²) in [7, 11) is 0. The maximum absolute atomic E-state index is 14.8. The zero-order valence-electron chi connectivity index (χ0n) is 30.7. The Morgan fingerprint density at radius 3 is 2.26 bits per heavy atom. The van der Waals surface area contributed by atoms with E-state index in [1.165, 1.54) is 6.92 Å². The van der Waals surface area contributed by atoms with E-state index in [-0.39, 0.29) is 41.0 Å². The van der Waals surface area contributed by atoms with Crippen LogP contribution in [0.15, 0.2) is 11.6 Å². The molecule has 3 saturated carbocycles. The molecule has 4 aliphatic carbocycles. The highest BCUT2D eigenvalue weighted by Crippen LogP contribution is 2.74. The van der Waals surface area contributed by atoms with Gasteiger partial charge in [-0.25, -0.2) is 0 Å². The molecule has 4 fully saturated rings. The van der Waals surface area contributed by atoms with Crippen LogP contribution in [0.25, 0.3) is 0 Å². The summed E-state index contributed by atoms with van der Waals surface area (Å²) >= 11 is 0. The lowest BCUT2D eigenvalue weighted by Gasteiger charge is -2.70. The Kier molecular flexibility index (Phi) is 8.83. The Labute approximate surface area is 278 Å². The summed E-state index contributed by atoms with van der Waals surface area (Å²) in [5.74, 6) is -0.911. The summed E-state index contributed by atoms with van der Waals surface area (Å²) < 4.78 is 19.5. The highest BCUT2D eigenvalue weighted by molar-refractivity contribution is 6.00. The molecule has 1 aliphatic heterocycles. The molecule has 5 aliphatic rings. The van der Waals surface area contributed by atoms with Gasteiger partial charge in [-0.1, -0.05) is 81.7 Å². The lowest BCUT2D eigenvalue weighted by atomic mass is 9.34. The number of hydrogen-bond donors (Lipinski definition) is 1. The zero-order chi connectivity index (χ0) is 34.4. The number of ether oxygens (including phenoxy) is 3. The fourth-order valence-electron chi connectivity index (χ4n) is 11.4. The van der Waals surface area contributed by atoms with Crippen LogP contribution in [0.1, 0.15) is 115 Å². The van der Waals surface area contributed by atoms with Crippen molar-refractivity contribution in [1.29, 1.82) is 0 Å². The number of ketones is 1. The standard InChI is InChI=1S/C39H62O7/c1-22(2)24(5)35(9)15-16-37(11)26-13-14-29-36(10)20-44-21-39(29,27(26)17-30(41)38(37,12)31(35)33(42)43)18-28(46-25(6)40)32(36)45-19-34(7,8)23(3)4/h17,22-24,26,28-29,31-32H,13-16,18-21H2,1-12H3,(H,42,43)/t24-,26+,28-,29+,31-,32+,35-,36-,37-,38+,39+/m1/s1. The van der Waals surface area contributed by atoms with E-state index >= 15 is 0 Å². The van der Waals surface area contributed by atoms with Crippen molar-refractivity contribution in [2.75, 3.05) is 19.8 Å². The van der Waals surface area contributed by atoms with Gasteiger partial charge in [0, 0.05) is 23.2 Å². The number of fused-ring (bicyclic) bond motifs is 3. The van der Waals surface area contributed by atoms with Crippen LogP contribution in [0.4, 0.5) is 0 Å². The fourth-order valence-corrected chi connectivity index (χ4v) is 11.4. The van der Waals surface area contributed by atoms with E-state index in [9.17, 15) is 19.5 Å². The van der Waals surface area contributed by atoms with Gasteiger partial charge in [-0.15, -0.1) is 0 Å². The van der Waals surface area contributed by atoms with Gasteiger partial charge < -0.3 is 19.3 Å². The molecule has 0 aromatic carbocycles. The zero-order valence-corrected chi connectivity index (χ0v) is 30.7. The monoisotopic (exact) mass is 642 g/mol. The summed E-state index contributed by atoms with van der Waals surface area (Å²) in [6.07, 6.45) is 5.04. The Balaban J connectivity index is 1.62. The van der Waals surface area contributed by atoms with Crippen molar-refractivity contribution in [3.8, 4) is 0 Å². The predicted molar refractivity (Wildman–Crippen MR) is 178 cm³/mol. The first-order valence-electron chi connectivity index (χ1n) is 18.0. The number of aliphatic carboxylic acids is 1. The molecule has 2 bridgehead atoms. The quantitative estimate of drug-likeness (QED) is 0.270. The van der Waals surface area contributed by atoms with Crippen molar-refractivity contribution >= 4 is 17.7 Å². The normalized spacial score (nSPS) is 44.5. The van der Waals surface area contributed by atoms with Crippen LogP contribution in [-0.4, -0.2) is 54.9 Å². The fraction of sp³-hybridized carbons (Fsp3) is 0.872. The second kappa shape index (κ2) is 11.4. The Morgan fingerprint density at radius 1 is 1.04 bits per heavy atom. The van der Waals surface area contributed by atoms with Gasteiger partial charge in [-0.05, 0) is 84.0 Å². The first kappa shape index (κ1) is 35.6. The van der Waals surface area contributed by atoms with Crippen LogP contribution in [0, 0.1) is 68.0 Å². The molecule has 0 aromatic heterocycles. The van der Waals surface area contributed by atoms with Crippen LogP contribution < -0.4 is 0 Å². The molecule has 260 valence electrons. The molecule has 1 N–H and O–H groups in total. The van der Waals surface area contributed by atoms with Crippen molar-refractivity contribution in [2.45, 2.75) is 127 Å². The molecule has 7 nitrogen and oxygen atoms in total. The first-order chi connectivity index (χ1) is 21.1. The Hall–Kier alpha value is -1.73. The van der Waals surface area contributed by atoms with E-state index in [0.717, 1.165) is 31.3 Å². The predicted octanol–water partition coefficient (Wildman–Crippen LogP) is 7.75. The van der Waals surface area contributed by atoms with E-state index in [4.69, 9.17) is 14.2 Å². The highest BCUT2D eigenvalue weighted by atomic mass is 16.6. The number of esters is 1. The molecule has 46 heavy (non-hydrogen) atoms. The molecular weight excluding hydrogens is 580 g/mol. The van der Waals surface area contributed by atoms with Crippen LogP contribution >= 0.6 is 0 Å². The van der Waals surface area contributed by atoms with Gasteiger partial charge in [0.25, 0.3) is 0 Å². The summed E-state index contributed by atoms with van der Waals surface area (Å²) in [6.45, 7) is 26.9. The number of carboxylic acids is 1. The number of rotatable bonds is 8.